The minimum absolute atomic E-state index is 0.00634. The van der Waals surface area contributed by atoms with Crippen molar-refractivity contribution in [1.82, 2.24) is 9.55 Å². The first kappa shape index (κ1) is 17.9. The predicted molar refractivity (Wildman–Crippen MR) is 108 cm³/mol. The van der Waals surface area contributed by atoms with Gasteiger partial charge in [-0.15, -0.1) is 0 Å². The van der Waals surface area contributed by atoms with Crippen molar-refractivity contribution in [3.05, 3.63) is 57.4 Å². The van der Waals surface area contributed by atoms with Crippen LogP contribution in [0.5, 0.6) is 5.75 Å². The first-order valence-corrected chi connectivity index (χ1v) is 9.81. The van der Waals surface area contributed by atoms with Crippen LogP contribution in [-0.4, -0.2) is 20.6 Å². The van der Waals surface area contributed by atoms with E-state index in [0.717, 1.165) is 41.2 Å². The number of benzene rings is 2. The number of phenols is 1. The average molecular weight is 430 g/mol. The summed E-state index contributed by atoms with van der Waals surface area (Å²) in [7, 11) is 0. The third kappa shape index (κ3) is 3.51. The molecule has 1 heterocycles. The van der Waals surface area contributed by atoms with E-state index in [-0.39, 0.29) is 29.3 Å². The van der Waals surface area contributed by atoms with Crippen molar-refractivity contribution < 1.29 is 9.90 Å². The molecule has 0 bridgehead atoms. The standard InChI is InChI=1S/C20H20BrN3O3/c21-16-2-1-3-17-18(16)23-20(27)24(17)14-8-4-12(5-9-14)19(26)22-13-6-10-15(25)11-7-13/h1-3,6-7,10-12,14,25H,4-5,8-9H2,(H,22,26)(H,23,27). The van der Waals surface area contributed by atoms with Gasteiger partial charge in [-0.05, 0) is 78.0 Å². The molecule has 0 spiro atoms. The maximum absolute atomic E-state index is 12.5. The largest absolute Gasteiger partial charge is 0.508 e. The van der Waals surface area contributed by atoms with E-state index in [1.165, 1.54) is 0 Å². The Morgan fingerprint density at radius 1 is 1.11 bits per heavy atom. The van der Waals surface area contributed by atoms with Gasteiger partial charge in [0, 0.05) is 22.1 Å². The second kappa shape index (κ2) is 7.23. The summed E-state index contributed by atoms with van der Waals surface area (Å²) < 4.78 is 2.70. The number of anilines is 1. The number of imidazole rings is 1. The van der Waals surface area contributed by atoms with Gasteiger partial charge >= 0.3 is 5.69 Å². The molecule has 7 heteroatoms. The molecule has 0 aliphatic heterocycles. The fraction of sp³-hybridized carbons (Fsp3) is 0.300. The molecule has 3 aromatic rings. The SMILES string of the molecule is O=C(Nc1ccc(O)cc1)C1CCC(n2c(=O)[nH]c3c(Br)cccc32)CC1. The van der Waals surface area contributed by atoms with Crippen LogP contribution < -0.4 is 11.0 Å². The lowest BCUT2D eigenvalue weighted by atomic mass is 9.85. The molecule has 0 radical (unpaired) electrons. The van der Waals surface area contributed by atoms with Crippen LogP contribution in [-0.2, 0) is 4.79 Å². The molecule has 27 heavy (non-hydrogen) atoms. The van der Waals surface area contributed by atoms with Gasteiger partial charge in [0.2, 0.25) is 5.91 Å². The summed E-state index contributed by atoms with van der Waals surface area (Å²) in [5.41, 5.74) is 2.28. The van der Waals surface area contributed by atoms with Crippen molar-refractivity contribution in [3.8, 4) is 5.75 Å². The number of hydrogen-bond donors (Lipinski definition) is 3. The number of aromatic hydroxyl groups is 1. The number of nitrogens with one attached hydrogen (secondary N) is 2. The number of nitrogens with zero attached hydrogens (tertiary/aromatic N) is 1. The zero-order valence-electron chi connectivity index (χ0n) is 14.6. The van der Waals surface area contributed by atoms with E-state index in [0.29, 0.717) is 5.69 Å². The number of amides is 1. The molecule has 1 aromatic heterocycles. The number of carbonyl (C=O) groups is 1. The summed E-state index contributed by atoms with van der Waals surface area (Å²) in [6.45, 7) is 0. The Kier molecular flexibility index (Phi) is 4.78. The van der Waals surface area contributed by atoms with Gasteiger partial charge in [-0.25, -0.2) is 4.79 Å². The zero-order valence-corrected chi connectivity index (χ0v) is 16.2. The molecular formula is C20H20BrN3O3. The van der Waals surface area contributed by atoms with Gasteiger partial charge in [-0.1, -0.05) is 6.07 Å². The van der Waals surface area contributed by atoms with Crippen LogP contribution in [0.2, 0.25) is 0 Å². The Labute approximate surface area is 164 Å². The molecule has 4 rings (SSSR count). The summed E-state index contributed by atoms with van der Waals surface area (Å²) in [5, 5.41) is 12.2. The number of fused-ring (bicyclic) bond motifs is 1. The van der Waals surface area contributed by atoms with Gasteiger partial charge in [0.05, 0.1) is 11.0 Å². The highest BCUT2D eigenvalue weighted by Gasteiger charge is 2.29. The first-order valence-electron chi connectivity index (χ1n) is 9.01. The number of hydrogen-bond acceptors (Lipinski definition) is 3. The molecule has 3 N–H and O–H groups in total. The van der Waals surface area contributed by atoms with Crippen molar-refractivity contribution in [1.29, 1.82) is 0 Å². The Bertz CT molecular complexity index is 1030. The summed E-state index contributed by atoms with van der Waals surface area (Å²) in [6.07, 6.45) is 3.05. The lowest BCUT2D eigenvalue weighted by Crippen LogP contribution is -2.31. The number of aromatic amines is 1. The zero-order chi connectivity index (χ0) is 19.0. The van der Waals surface area contributed by atoms with Gasteiger partial charge in [0.25, 0.3) is 0 Å². The fourth-order valence-corrected chi connectivity index (χ4v) is 4.32. The summed E-state index contributed by atoms with van der Waals surface area (Å²) in [6, 6.07) is 12.3. The normalized spacial score (nSPS) is 19.9. The van der Waals surface area contributed by atoms with Crippen LogP contribution in [0.4, 0.5) is 5.69 Å². The summed E-state index contributed by atoms with van der Waals surface area (Å²) in [5.74, 6) is 0.0974. The topological polar surface area (TPSA) is 87.1 Å². The third-order valence-corrected chi connectivity index (χ3v) is 5.93. The molecule has 0 atom stereocenters. The molecule has 0 unspecified atom stereocenters. The van der Waals surface area contributed by atoms with E-state index in [4.69, 9.17) is 0 Å². The molecular weight excluding hydrogens is 410 g/mol. The van der Waals surface area contributed by atoms with E-state index < -0.39 is 0 Å². The highest BCUT2D eigenvalue weighted by Crippen LogP contribution is 2.34. The molecule has 1 saturated carbocycles. The number of H-pyrrole nitrogens is 1. The summed E-state index contributed by atoms with van der Waals surface area (Å²) in [4.78, 5) is 27.9. The van der Waals surface area contributed by atoms with Crippen LogP contribution in [0.15, 0.2) is 51.7 Å². The third-order valence-electron chi connectivity index (χ3n) is 5.27. The van der Waals surface area contributed by atoms with Gasteiger partial charge < -0.3 is 15.4 Å². The Hall–Kier alpha value is -2.54. The summed E-state index contributed by atoms with van der Waals surface area (Å²) >= 11 is 3.48. The molecule has 2 aromatic carbocycles. The second-order valence-corrected chi connectivity index (χ2v) is 7.83. The van der Waals surface area contributed by atoms with Crippen LogP contribution in [0.25, 0.3) is 11.0 Å². The molecule has 1 aliphatic carbocycles. The number of phenolic OH excluding ortho intramolecular Hbond substituents is 1. The van der Waals surface area contributed by atoms with E-state index >= 15 is 0 Å². The molecule has 6 nitrogen and oxygen atoms in total. The predicted octanol–water partition coefficient (Wildman–Crippen LogP) is 4.17. The van der Waals surface area contributed by atoms with Crippen LogP contribution in [0.3, 0.4) is 0 Å². The Morgan fingerprint density at radius 3 is 2.52 bits per heavy atom. The highest BCUT2D eigenvalue weighted by atomic mass is 79.9. The smallest absolute Gasteiger partial charge is 0.326 e. The van der Waals surface area contributed by atoms with Crippen molar-refractivity contribution in [2.45, 2.75) is 31.7 Å². The molecule has 0 saturated heterocycles. The van der Waals surface area contributed by atoms with E-state index in [9.17, 15) is 14.7 Å². The lowest BCUT2D eigenvalue weighted by molar-refractivity contribution is -0.121. The Balaban J connectivity index is 1.45. The van der Waals surface area contributed by atoms with Crippen LogP contribution >= 0.6 is 15.9 Å². The van der Waals surface area contributed by atoms with E-state index in [1.54, 1.807) is 24.3 Å². The van der Waals surface area contributed by atoms with Gasteiger partial charge in [-0.2, -0.15) is 0 Å². The fourth-order valence-electron chi connectivity index (χ4n) is 3.86. The van der Waals surface area contributed by atoms with E-state index in [1.807, 2.05) is 22.8 Å². The highest BCUT2D eigenvalue weighted by molar-refractivity contribution is 9.10. The number of halogens is 1. The van der Waals surface area contributed by atoms with Gasteiger partial charge in [-0.3, -0.25) is 9.36 Å². The minimum atomic E-state index is -0.103. The minimum Gasteiger partial charge on any atom is -0.508 e. The molecule has 1 amide bonds. The van der Waals surface area contributed by atoms with E-state index in [2.05, 4.69) is 26.2 Å². The van der Waals surface area contributed by atoms with Crippen LogP contribution in [0, 0.1) is 5.92 Å². The lowest BCUT2D eigenvalue weighted by Gasteiger charge is -2.28. The maximum Gasteiger partial charge on any atom is 0.326 e. The van der Waals surface area contributed by atoms with Gasteiger partial charge in [0.1, 0.15) is 5.75 Å². The maximum atomic E-state index is 12.5. The van der Waals surface area contributed by atoms with Crippen molar-refractivity contribution >= 4 is 38.6 Å². The number of aromatic nitrogens is 2. The van der Waals surface area contributed by atoms with Crippen molar-refractivity contribution in [2.24, 2.45) is 5.92 Å². The molecule has 1 aliphatic rings. The quantitative estimate of drug-likeness (QED) is 0.546. The van der Waals surface area contributed by atoms with Gasteiger partial charge in [0.15, 0.2) is 0 Å². The average Bonchev–Trinajstić information content (AvgIpc) is 3.01. The second-order valence-electron chi connectivity index (χ2n) is 6.98. The van der Waals surface area contributed by atoms with Crippen LogP contribution in [0.1, 0.15) is 31.7 Å². The van der Waals surface area contributed by atoms with Crippen molar-refractivity contribution in [3.63, 3.8) is 0 Å². The monoisotopic (exact) mass is 429 g/mol. The number of para-hydroxylation sites is 1. The van der Waals surface area contributed by atoms with Crippen molar-refractivity contribution in [2.75, 3.05) is 5.32 Å². The number of carbonyl (C=O) groups excluding carboxylic acids is 1. The Morgan fingerprint density at radius 2 is 1.81 bits per heavy atom. The number of rotatable bonds is 3. The molecule has 1 fully saturated rings. The first-order chi connectivity index (χ1) is 13.0. The molecule has 140 valence electrons.